The first-order valence-electron chi connectivity index (χ1n) is 8.61. The fourth-order valence-corrected chi connectivity index (χ4v) is 3.84. The van der Waals surface area contributed by atoms with E-state index in [0.717, 1.165) is 25.0 Å². The van der Waals surface area contributed by atoms with Crippen molar-refractivity contribution in [3.05, 3.63) is 0 Å². The van der Waals surface area contributed by atoms with Crippen LogP contribution in [0.15, 0.2) is 0 Å². The summed E-state index contributed by atoms with van der Waals surface area (Å²) in [4.78, 5) is 0. The minimum atomic E-state index is -2.60. The molecule has 2 unspecified atom stereocenters. The van der Waals surface area contributed by atoms with Gasteiger partial charge in [-0.05, 0) is 36.0 Å². The highest BCUT2D eigenvalue weighted by molar-refractivity contribution is 4.83. The van der Waals surface area contributed by atoms with Gasteiger partial charge in [0.1, 0.15) is 6.61 Å². The Bertz CT molecular complexity index is 295. The van der Waals surface area contributed by atoms with Crippen LogP contribution >= 0.6 is 0 Å². The third kappa shape index (κ3) is 5.45. The first-order valence-corrected chi connectivity index (χ1v) is 8.61. The van der Waals surface area contributed by atoms with Gasteiger partial charge in [0.2, 0.25) is 0 Å². The van der Waals surface area contributed by atoms with Crippen molar-refractivity contribution in [3.8, 4) is 0 Å². The van der Waals surface area contributed by atoms with Gasteiger partial charge in [0.25, 0.3) is 5.92 Å². The second-order valence-corrected chi connectivity index (χ2v) is 8.13. The number of rotatable bonds is 2. The Balaban J connectivity index is 0.000000220. The molecule has 0 aromatic rings. The molecule has 2 nitrogen and oxygen atoms in total. The van der Waals surface area contributed by atoms with Gasteiger partial charge in [-0.15, -0.1) is 0 Å². The van der Waals surface area contributed by atoms with Crippen molar-refractivity contribution in [1.82, 2.24) is 0 Å². The van der Waals surface area contributed by atoms with E-state index >= 15 is 0 Å². The van der Waals surface area contributed by atoms with Gasteiger partial charge in [-0.3, -0.25) is 0 Å². The van der Waals surface area contributed by atoms with Gasteiger partial charge < -0.3 is 9.47 Å². The summed E-state index contributed by atoms with van der Waals surface area (Å²) in [6.07, 6.45) is 1.73. The van der Waals surface area contributed by atoms with Gasteiger partial charge in [0.15, 0.2) is 0 Å². The van der Waals surface area contributed by atoms with E-state index in [4.69, 9.17) is 9.47 Å². The second kappa shape index (κ2) is 8.05. The maximum atomic E-state index is 13.0. The van der Waals surface area contributed by atoms with Gasteiger partial charge in [0, 0.05) is 19.1 Å². The number of hydrogen-bond acceptors (Lipinski definition) is 2. The minimum absolute atomic E-state index is 0.0499. The molecule has 0 bridgehead atoms. The van der Waals surface area contributed by atoms with Gasteiger partial charge in [-0.2, -0.15) is 0 Å². The van der Waals surface area contributed by atoms with Crippen LogP contribution in [-0.2, 0) is 9.47 Å². The van der Waals surface area contributed by atoms with Crippen molar-refractivity contribution in [2.75, 3.05) is 26.4 Å². The maximum absolute atomic E-state index is 13.0. The average Bonchev–Trinajstić information content (AvgIpc) is 2.37. The predicted octanol–water partition coefficient (Wildman–Crippen LogP) is 5.02. The van der Waals surface area contributed by atoms with Crippen molar-refractivity contribution in [2.45, 2.75) is 60.3 Å². The molecule has 2 atom stereocenters. The summed E-state index contributed by atoms with van der Waals surface area (Å²) in [7, 11) is 0. The Morgan fingerprint density at radius 1 is 0.818 bits per heavy atom. The fourth-order valence-electron chi connectivity index (χ4n) is 3.84. The zero-order chi connectivity index (χ0) is 17.0. The molecule has 2 heterocycles. The molecule has 0 spiro atoms. The van der Waals surface area contributed by atoms with E-state index in [1.165, 1.54) is 6.42 Å². The maximum Gasteiger partial charge on any atom is 0.274 e. The molecule has 0 radical (unpaired) electrons. The Kier molecular flexibility index (Phi) is 7.25. The Hall–Kier alpha value is -0.220. The smallest absolute Gasteiger partial charge is 0.274 e. The van der Waals surface area contributed by atoms with E-state index in [9.17, 15) is 8.78 Å². The van der Waals surface area contributed by atoms with Crippen molar-refractivity contribution < 1.29 is 18.3 Å². The monoisotopic (exact) mass is 320 g/mol. The van der Waals surface area contributed by atoms with E-state index in [-0.39, 0.29) is 5.92 Å². The van der Waals surface area contributed by atoms with Crippen molar-refractivity contribution in [1.29, 1.82) is 0 Å². The van der Waals surface area contributed by atoms with Gasteiger partial charge >= 0.3 is 0 Å². The number of alkyl halides is 2. The van der Waals surface area contributed by atoms with E-state index in [2.05, 4.69) is 27.7 Å². The van der Waals surface area contributed by atoms with Crippen molar-refractivity contribution in [2.24, 2.45) is 29.1 Å². The molecular formula is C18H34F2O2. The second-order valence-electron chi connectivity index (χ2n) is 8.13. The summed E-state index contributed by atoms with van der Waals surface area (Å²) in [5.74, 6) is -1.40. The highest BCUT2D eigenvalue weighted by Gasteiger charge is 2.43. The molecule has 0 aromatic heterocycles. The lowest BCUT2D eigenvalue weighted by atomic mass is 9.71. The summed E-state index contributed by atoms with van der Waals surface area (Å²) >= 11 is 0. The number of halogens is 2. The molecule has 0 saturated carbocycles. The first-order chi connectivity index (χ1) is 10.1. The molecule has 0 amide bonds. The Morgan fingerprint density at radius 3 is 1.59 bits per heavy atom. The SMILES string of the molecule is CC(C)C1CCOCC1(C)C.CC(C)C1CCOCC1(F)F. The van der Waals surface area contributed by atoms with Gasteiger partial charge in [0.05, 0.1) is 6.61 Å². The van der Waals surface area contributed by atoms with Crippen LogP contribution in [0, 0.1) is 29.1 Å². The Labute approximate surface area is 134 Å². The largest absolute Gasteiger partial charge is 0.381 e. The molecule has 0 aromatic carbocycles. The summed E-state index contributed by atoms with van der Waals surface area (Å²) in [6, 6.07) is 0. The topological polar surface area (TPSA) is 18.5 Å². The van der Waals surface area contributed by atoms with Crippen LogP contribution in [0.4, 0.5) is 8.78 Å². The average molecular weight is 320 g/mol. The highest BCUT2D eigenvalue weighted by Crippen LogP contribution is 2.38. The highest BCUT2D eigenvalue weighted by atomic mass is 19.3. The van der Waals surface area contributed by atoms with Gasteiger partial charge in [-0.1, -0.05) is 41.5 Å². The molecule has 132 valence electrons. The summed E-state index contributed by atoms with van der Waals surface area (Å²) < 4.78 is 36.2. The summed E-state index contributed by atoms with van der Waals surface area (Å²) in [5.41, 5.74) is 0.395. The lowest BCUT2D eigenvalue weighted by Gasteiger charge is -2.40. The molecular weight excluding hydrogens is 286 g/mol. The van der Waals surface area contributed by atoms with Crippen molar-refractivity contribution >= 4 is 0 Å². The molecule has 0 aliphatic carbocycles. The lowest BCUT2D eigenvalue weighted by molar-refractivity contribution is -0.165. The molecule has 2 fully saturated rings. The third-order valence-corrected chi connectivity index (χ3v) is 5.07. The van der Waals surface area contributed by atoms with Crippen LogP contribution in [0.3, 0.4) is 0 Å². The molecule has 0 N–H and O–H groups in total. The molecule has 2 aliphatic rings. The minimum Gasteiger partial charge on any atom is -0.381 e. The predicted molar refractivity (Wildman–Crippen MR) is 86.3 cm³/mol. The fraction of sp³-hybridized carbons (Fsp3) is 1.00. The Morgan fingerprint density at radius 2 is 1.27 bits per heavy atom. The first kappa shape index (κ1) is 19.8. The van der Waals surface area contributed by atoms with E-state index in [1.807, 2.05) is 13.8 Å². The molecule has 4 heteroatoms. The van der Waals surface area contributed by atoms with Crippen LogP contribution in [0.5, 0.6) is 0 Å². The number of ether oxygens (including phenoxy) is 2. The quantitative estimate of drug-likeness (QED) is 0.711. The lowest BCUT2D eigenvalue weighted by Crippen LogP contribution is -2.41. The third-order valence-electron chi connectivity index (χ3n) is 5.07. The summed E-state index contributed by atoms with van der Waals surface area (Å²) in [6.45, 7) is 14.9. The van der Waals surface area contributed by atoms with Crippen LogP contribution in [0.25, 0.3) is 0 Å². The zero-order valence-corrected chi connectivity index (χ0v) is 15.1. The van der Waals surface area contributed by atoms with Crippen molar-refractivity contribution in [3.63, 3.8) is 0 Å². The van der Waals surface area contributed by atoms with Gasteiger partial charge in [-0.25, -0.2) is 8.78 Å². The van der Waals surface area contributed by atoms with Crippen LogP contribution in [0.1, 0.15) is 54.4 Å². The molecule has 2 saturated heterocycles. The molecule has 2 rings (SSSR count). The van der Waals surface area contributed by atoms with Crippen LogP contribution < -0.4 is 0 Å². The molecule has 2 aliphatic heterocycles. The standard InChI is InChI=1S/C10H20O.C8H14F2O/c1-8(2)9-5-6-11-7-10(9,3)4;1-6(2)7-3-4-11-5-8(7,9)10/h8-9H,5-7H2,1-4H3;6-7H,3-5H2,1-2H3. The van der Waals surface area contributed by atoms with E-state index < -0.39 is 18.4 Å². The van der Waals surface area contributed by atoms with E-state index in [1.54, 1.807) is 0 Å². The van der Waals surface area contributed by atoms with E-state index in [0.29, 0.717) is 18.4 Å². The molecule has 22 heavy (non-hydrogen) atoms. The summed E-state index contributed by atoms with van der Waals surface area (Å²) in [5, 5.41) is 0. The normalized spacial score (nSPS) is 30.8. The van der Waals surface area contributed by atoms with Crippen LogP contribution in [0.2, 0.25) is 0 Å². The van der Waals surface area contributed by atoms with Crippen LogP contribution in [-0.4, -0.2) is 32.4 Å². The number of hydrogen-bond donors (Lipinski definition) is 0. The zero-order valence-electron chi connectivity index (χ0n) is 15.1.